The largest absolute Gasteiger partial charge is 0.507 e. The molecule has 0 radical (unpaired) electrons. The van der Waals surface area contributed by atoms with Gasteiger partial charge in [0.2, 0.25) is 11.8 Å². The van der Waals surface area contributed by atoms with Crippen LogP contribution in [0, 0.1) is 17.8 Å². The lowest BCUT2D eigenvalue weighted by Crippen LogP contribution is -2.35. The van der Waals surface area contributed by atoms with Crippen LogP contribution in [-0.2, 0) is 25.6 Å². The number of fused-ring (bicyclic) bond motifs is 4. The third-order valence-corrected chi connectivity index (χ3v) is 9.31. The fourth-order valence-electron chi connectivity index (χ4n) is 6.69. The summed E-state index contributed by atoms with van der Waals surface area (Å²) in [6, 6.07) is 15.5. The first-order valence-corrected chi connectivity index (χ1v) is 14.4. The highest BCUT2D eigenvalue weighted by atomic mass is 32.1. The second kappa shape index (κ2) is 10.7. The van der Waals surface area contributed by atoms with Crippen molar-refractivity contribution in [3.05, 3.63) is 81.1 Å². The maximum Gasteiger partial charge on any atom is 0.234 e. The highest BCUT2D eigenvalue weighted by Crippen LogP contribution is 2.50. The van der Waals surface area contributed by atoms with Crippen LogP contribution in [0.1, 0.15) is 36.6 Å². The molecule has 202 valence electrons. The molecular weight excluding hydrogens is 510 g/mol. The summed E-state index contributed by atoms with van der Waals surface area (Å²) in [7, 11) is 1.68. The number of nitrogens with zero attached hydrogens (tertiary/aromatic N) is 1. The molecule has 3 heterocycles. The first kappa shape index (κ1) is 26.0. The number of carbonyl (C=O) groups is 2. The van der Waals surface area contributed by atoms with E-state index in [0.717, 1.165) is 39.6 Å². The zero-order valence-electron chi connectivity index (χ0n) is 22.3. The normalized spacial score (nSPS) is 25.1. The number of methoxy groups -OCH3 is 1. The van der Waals surface area contributed by atoms with Crippen molar-refractivity contribution >= 4 is 40.0 Å². The van der Waals surface area contributed by atoms with Crippen molar-refractivity contribution in [3.63, 3.8) is 0 Å². The molecule has 6 nitrogen and oxygen atoms in total. The Morgan fingerprint density at radius 1 is 1.10 bits per heavy atom. The van der Waals surface area contributed by atoms with Gasteiger partial charge in [-0.3, -0.25) is 14.5 Å². The number of imide groups is 1. The summed E-state index contributed by atoms with van der Waals surface area (Å²) >= 11 is 1.57. The molecular formula is C32H33NO5S. The summed E-state index contributed by atoms with van der Waals surface area (Å²) in [5.74, 6) is -0.589. The van der Waals surface area contributed by atoms with Crippen molar-refractivity contribution in [1.82, 2.24) is 4.90 Å². The average Bonchev–Trinajstić information content (AvgIpc) is 3.66. The number of carbonyl (C=O) groups excluding carboxylic acids is 2. The van der Waals surface area contributed by atoms with Crippen molar-refractivity contribution in [1.29, 1.82) is 0 Å². The second-order valence-electron chi connectivity index (χ2n) is 10.8. The lowest BCUT2D eigenvalue weighted by molar-refractivity contribution is -0.140. The summed E-state index contributed by atoms with van der Waals surface area (Å²) in [4.78, 5) is 29.4. The smallest absolute Gasteiger partial charge is 0.234 e. The number of allylic oxidation sites excluding steroid dienone is 1. The standard InChI is InChI=1S/C32H33NO5S/c1-19(14-20-10-11-27(34)24-8-4-3-7-23(20)24)9-12-28-29-21(17-37-2)15-25-30(26(29)18-38-28)32(36)33(31(25)35)16-22-6-5-13-39-22/h3-8,10-11,13-14,25-26,28,30,34H,9,12,15-18H2,1-2H3/b19-14+/t25-,26+,28-,30-/m1/s1. The quantitative estimate of drug-likeness (QED) is 0.281. The first-order chi connectivity index (χ1) is 19.0. The minimum atomic E-state index is -0.349. The number of likely N-dealkylation sites (tertiary alicyclic amines) is 1. The Labute approximate surface area is 232 Å². The van der Waals surface area contributed by atoms with Gasteiger partial charge in [0.25, 0.3) is 0 Å². The van der Waals surface area contributed by atoms with Crippen molar-refractivity contribution in [2.24, 2.45) is 17.8 Å². The van der Waals surface area contributed by atoms with E-state index in [4.69, 9.17) is 9.47 Å². The van der Waals surface area contributed by atoms with Gasteiger partial charge < -0.3 is 14.6 Å². The topological polar surface area (TPSA) is 76.1 Å². The molecule has 2 amide bonds. The molecule has 2 aliphatic heterocycles. The van der Waals surface area contributed by atoms with E-state index in [2.05, 4.69) is 13.0 Å². The number of ether oxygens (including phenoxy) is 2. The maximum absolute atomic E-state index is 13.6. The van der Waals surface area contributed by atoms with Gasteiger partial charge in [0.05, 0.1) is 37.7 Å². The van der Waals surface area contributed by atoms with Gasteiger partial charge in [-0.25, -0.2) is 0 Å². The van der Waals surface area contributed by atoms with Crippen LogP contribution >= 0.6 is 11.3 Å². The second-order valence-corrected chi connectivity index (χ2v) is 11.9. The van der Waals surface area contributed by atoms with Crippen molar-refractivity contribution in [2.75, 3.05) is 20.3 Å². The van der Waals surface area contributed by atoms with Crippen LogP contribution in [0.3, 0.4) is 0 Å². The highest BCUT2D eigenvalue weighted by Gasteiger charge is 2.56. The Morgan fingerprint density at radius 3 is 2.69 bits per heavy atom. The van der Waals surface area contributed by atoms with E-state index in [-0.39, 0.29) is 41.4 Å². The summed E-state index contributed by atoms with van der Waals surface area (Å²) in [6.07, 6.45) is 4.29. The number of benzene rings is 2. The molecule has 0 bridgehead atoms. The molecule has 3 aromatic rings. The molecule has 6 rings (SSSR count). The molecule has 4 atom stereocenters. The average molecular weight is 544 g/mol. The first-order valence-electron chi connectivity index (χ1n) is 13.5. The third-order valence-electron chi connectivity index (χ3n) is 8.45. The number of phenolic OH excluding ortho intramolecular Hbond substituents is 1. The molecule has 1 aliphatic carbocycles. The Bertz CT molecular complexity index is 1470. The minimum absolute atomic E-state index is 0.0584. The molecule has 1 N–H and O–H groups in total. The van der Waals surface area contributed by atoms with Crippen LogP contribution in [0.2, 0.25) is 0 Å². The molecule has 7 heteroatoms. The number of aromatic hydroxyl groups is 1. The third kappa shape index (κ3) is 4.73. The van der Waals surface area contributed by atoms with Crippen LogP contribution in [0.5, 0.6) is 5.75 Å². The van der Waals surface area contributed by atoms with Crippen LogP contribution in [0.4, 0.5) is 0 Å². The van der Waals surface area contributed by atoms with E-state index < -0.39 is 0 Å². The number of phenols is 1. The zero-order chi connectivity index (χ0) is 27.1. The van der Waals surface area contributed by atoms with E-state index in [1.807, 2.05) is 47.8 Å². The fourth-order valence-corrected chi connectivity index (χ4v) is 7.38. The highest BCUT2D eigenvalue weighted by molar-refractivity contribution is 7.09. The predicted molar refractivity (Wildman–Crippen MR) is 152 cm³/mol. The number of hydrogen-bond donors (Lipinski definition) is 1. The SMILES string of the molecule is COCC1=C2[C@@H](CC/C(C)=C/c3ccc(O)c4ccccc34)OC[C@@H]2[C@@H]2C(=O)N(Cc3cccs3)C(=O)[C@@H]2C1. The van der Waals surface area contributed by atoms with Gasteiger partial charge in [0.1, 0.15) is 5.75 Å². The molecule has 0 unspecified atom stereocenters. The van der Waals surface area contributed by atoms with Crippen LogP contribution in [0.25, 0.3) is 16.8 Å². The van der Waals surface area contributed by atoms with Crippen molar-refractivity contribution in [3.8, 4) is 5.75 Å². The van der Waals surface area contributed by atoms with E-state index in [0.29, 0.717) is 26.2 Å². The van der Waals surface area contributed by atoms with Gasteiger partial charge in [-0.05, 0) is 65.8 Å². The van der Waals surface area contributed by atoms with E-state index in [1.54, 1.807) is 24.5 Å². The number of thiophene rings is 1. The maximum atomic E-state index is 13.6. The van der Waals surface area contributed by atoms with Crippen molar-refractivity contribution in [2.45, 2.75) is 38.8 Å². The van der Waals surface area contributed by atoms with Gasteiger partial charge in [-0.1, -0.05) is 48.0 Å². The molecule has 0 saturated carbocycles. The summed E-state index contributed by atoms with van der Waals surface area (Å²) in [5, 5.41) is 14.1. The molecule has 39 heavy (non-hydrogen) atoms. The Morgan fingerprint density at radius 2 is 1.92 bits per heavy atom. The fraction of sp³-hybridized carbons (Fsp3) is 0.375. The molecule has 3 aliphatic rings. The van der Waals surface area contributed by atoms with Crippen LogP contribution < -0.4 is 0 Å². The Balaban J connectivity index is 1.21. The van der Waals surface area contributed by atoms with Gasteiger partial charge >= 0.3 is 0 Å². The lowest BCUT2D eigenvalue weighted by Gasteiger charge is -2.31. The van der Waals surface area contributed by atoms with E-state index >= 15 is 0 Å². The monoisotopic (exact) mass is 543 g/mol. The zero-order valence-corrected chi connectivity index (χ0v) is 23.1. The van der Waals surface area contributed by atoms with Gasteiger partial charge in [-0.2, -0.15) is 0 Å². The van der Waals surface area contributed by atoms with Crippen molar-refractivity contribution < 1.29 is 24.2 Å². The molecule has 2 aromatic carbocycles. The number of hydrogen-bond acceptors (Lipinski definition) is 6. The molecule has 2 saturated heterocycles. The minimum Gasteiger partial charge on any atom is -0.507 e. The molecule has 0 spiro atoms. The van der Waals surface area contributed by atoms with E-state index in [1.165, 1.54) is 16.0 Å². The van der Waals surface area contributed by atoms with E-state index in [9.17, 15) is 14.7 Å². The number of rotatable bonds is 8. The van der Waals surface area contributed by atoms with Crippen LogP contribution in [0.15, 0.2) is 70.6 Å². The van der Waals surface area contributed by atoms with Gasteiger partial charge in [-0.15, -0.1) is 11.3 Å². The Hall–Kier alpha value is -3.26. The van der Waals surface area contributed by atoms with Gasteiger partial charge in [0.15, 0.2) is 0 Å². The van der Waals surface area contributed by atoms with Gasteiger partial charge in [0, 0.05) is 23.3 Å². The number of amides is 2. The summed E-state index contributed by atoms with van der Waals surface area (Å²) < 4.78 is 11.9. The Kier molecular flexibility index (Phi) is 7.14. The molecule has 2 fully saturated rings. The lowest BCUT2D eigenvalue weighted by atomic mass is 9.69. The summed E-state index contributed by atoms with van der Waals surface area (Å²) in [6.45, 7) is 3.39. The predicted octanol–water partition coefficient (Wildman–Crippen LogP) is 5.95. The summed E-state index contributed by atoms with van der Waals surface area (Å²) in [5.41, 5.74) is 4.60. The van der Waals surface area contributed by atoms with Crippen LogP contribution in [-0.4, -0.2) is 48.2 Å². The molecule has 1 aromatic heterocycles.